The molecule has 0 atom stereocenters. The second-order valence-electron chi connectivity index (χ2n) is 3.05. The Labute approximate surface area is 78.2 Å². The highest BCUT2D eigenvalue weighted by Gasteiger charge is 2.15. The van der Waals surface area contributed by atoms with Gasteiger partial charge in [0.05, 0.1) is 12.8 Å². The number of benzene rings is 1. The summed E-state index contributed by atoms with van der Waals surface area (Å²) in [5.74, 6) is 1.06. The smallest absolute Gasteiger partial charge is 0.121 e. The SMILES string of the molecule is COC1=C(c2ccccc2)NCC1. The third kappa shape index (κ3) is 1.52. The lowest BCUT2D eigenvalue weighted by molar-refractivity contribution is 0.286. The Kier molecular flexibility index (Phi) is 2.21. The number of hydrogen-bond donors (Lipinski definition) is 1. The molecule has 1 aromatic carbocycles. The van der Waals surface area contributed by atoms with E-state index in [0.29, 0.717) is 0 Å². The van der Waals surface area contributed by atoms with E-state index < -0.39 is 0 Å². The summed E-state index contributed by atoms with van der Waals surface area (Å²) < 4.78 is 5.30. The quantitative estimate of drug-likeness (QED) is 0.742. The van der Waals surface area contributed by atoms with E-state index in [1.165, 1.54) is 5.56 Å². The fourth-order valence-corrected chi connectivity index (χ4v) is 1.60. The van der Waals surface area contributed by atoms with Gasteiger partial charge in [-0.2, -0.15) is 0 Å². The minimum Gasteiger partial charge on any atom is -0.499 e. The van der Waals surface area contributed by atoms with Crippen LogP contribution in [0.3, 0.4) is 0 Å². The Morgan fingerprint density at radius 1 is 1.23 bits per heavy atom. The summed E-state index contributed by atoms with van der Waals surface area (Å²) in [5.41, 5.74) is 2.35. The molecule has 0 radical (unpaired) electrons. The molecule has 0 spiro atoms. The van der Waals surface area contributed by atoms with Crippen LogP contribution in [0, 0.1) is 0 Å². The summed E-state index contributed by atoms with van der Waals surface area (Å²) >= 11 is 0. The Balaban J connectivity index is 2.35. The molecule has 2 heteroatoms. The van der Waals surface area contributed by atoms with Crippen molar-refractivity contribution in [1.82, 2.24) is 5.32 Å². The van der Waals surface area contributed by atoms with Crippen LogP contribution >= 0.6 is 0 Å². The molecule has 1 aliphatic heterocycles. The molecule has 0 saturated carbocycles. The third-order valence-electron chi connectivity index (χ3n) is 2.24. The highest BCUT2D eigenvalue weighted by atomic mass is 16.5. The summed E-state index contributed by atoms with van der Waals surface area (Å²) in [5, 5.41) is 3.33. The van der Waals surface area contributed by atoms with E-state index in [-0.39, 0.29) is 0 Å². The predicted octanol–water partition coefficient (Wildman–Crippen LogP) is 1.99. The van der Waals surface area contributed by atoms with Crippen molar-refractivity contribution in [2.45, 2.75) is 6.42 Å². The maximum Gasteiger partial charge on any atom is 0.121 e. The molecule has 1 aliphatic rings. The summed E-state index contributed by atoms with van der Waals surface area (Å²) in [6.07, 6.45) is 0.987. The molecule has 0 aromatic heterocycles. The molecule has 0 aliphatic carbocycles. The van der Waals surface area contributed by atoms with Gasteiger partial charge in [-0.15, -0.1) is 0 Å². The molecule has 0 unspecified atom stereocenters. The largest absolute Gasteiger partial charge is 0.499 e. The number of hydrogen-bond acceptors (Lipinski definition) is 2. The van der Waals surface area contributed by atoms with Crippen molar-refractivity contribution in [3.8, 4) is 0 Å². The molecule has 0 saturated heterocycles. The average Bonchev–Trinajstić information content (AvgIpc) is 2.67. The molecule has 13 heavy (non-hydrogen) atoms. The van der Waals surface area contributed by atoms with Crippen molar-refractivity contribution in [3.05, 3.63) is 41.7 Å². The number of rotatable bonds is 2. The lowest BCUT2D eigenvalue weighted by atomic mass is 10.1. The minimum atomic E-state index is 0.980. The van der Waals surface area contributed by atoms with Crippen LogP contribution in [0.2, 0.25) is 0 Å². The first-order valence-corrected chi connectivity index (χ1v) is 4.48. The molecular weight excluding hydrogens is 162 g/mol. The zero-order chi connectivity index (χ0) is 9.10. The van der Waals surface area contributed by atoms with Gasteiger partial charge < -0.3 is 10.1 Å². The Morgan fingerprint density at radius 2 is 2.00 bits per heavy atom. The second-order valence-corrected chi connectivity index (χ2v) is 3.05. The van der Waals surface area contributed by atoms with Gasteiger partial charge in [-0.05, 0) is 0 Å². The maximum atomic E-state index is 5.30. The molecule has 1 aromatic rings. The van der Waals surface area contributed by atoms with E-state index in [4.69, 9.17) is 4.74 Å². The van der Waals surface area contributed by atoms with E-state index in [1.54, 1.807) is 7.11 Å². The van der Waals surface area contributed by atoms with Gasteiger partial charge in [-0.3, -0.25) is 0 Å². The van der Waals surface area contributed by atoms with Crippen LogP contribution in [0.1, 0.15) is 12.0 Å². The van der Waals surface area contributed by atoms with Crippen LogP contribution in [-0.2, 0) is 4.74 Å². The predicted molar refractivity (Wildman–Crippen MR) is 53.0 cm³/mol. The molecular formula is C11H13NO. The lowest BCUT2D eigenvalue weighted by Gasteiger charge is -2.05. The fraction of sp³-hybridized carbons (Fsp3) is 0.273. The van der Waals surface area contributed by atoms with Crippen LogP contribution in [0.25, 0.3) is 5.70 Å². The van der Waals surface area contributed by atoms with Gasteiger partial charge in [0.25, 0.3) is 0 Å². The summed E-state index contributed by atoms with van der Waals surface area (Å²) in [7, 11) is 1.73. The second kappa shape index (κ2) is 3.52. The first-order chi connectivity index (χ1) is 6.42. The molecule has 1 heterocycles. The van der Waals surface area contributed by atoms with Gasteiger partial charge in [0.15, 0.2) is 0 Å². The molecule has 0 amide bonds. The summed E-state index contributed by atoms with van der Waals surface area (Å²) in [4.78, 5) is 0. The standard InChI is InChI=1S/C11H13NO/c1-13-10-7-8-12-11(10)9-5-3-2-4-6-9/h2-6,12H,7-8H2,1H3. The average molecular weight is 175 g/mol. The van der Waals surface area contributed by atoms with Crippen LogP contribution in [0.5, 0.6) is 0 Å². The van der Waals surface area contributed by atoms with E-state index in [2.05, 4.69) is 17.4 Å². The van der Waals surface area contributed by atoms with E-state index in [0.717, 1.165) is 24.4 Å². The van der Waals surface area contributed by atoms with Crippen molar-refractivity contribution in [2.24, 2.45) is 0 Å². The normalized spacial score (nSPS) is 15.8. The van der Waals surface area contributed by atoms with Gasteiger partial charge in [-0.1, -0.05) is 30.3 Å². The Bertz CT molecular complexity index is 316. The monoisotopic (exact) mass is 175 g/mol. The van der Waals surface area contributed by atoms with Crippen molar-refractivity contribution < 1.29 is 4.74 Å². The van der Waals surface area contributed by atoms with Crippen LogP contribution in [0.15, 0.2) is 36.1 Å². The van der Waals surface area contributed by atoms with Crippen LogP contribution in [0.4, 0.5) is 0 Å². The van der Waals surface area contributed by atoms with Gasteiger partial charge in [0.2, 0.25) is 0 Å². The van der Waals surface area contributed by atoms with E-state index in [1.807, 2.05) is 18.2 Å². The highest BCUT2D eigenvalue weighted by molar-refractivity contribution is 5.67. The Hall–Kier alpha value is -1.44. The summed E-state index contributed by atoms with van der Waals surface area (Å²) in [6.45, 7) is 0.980. The van der Waals surface area contributed by atoms with Crippen molar-refractivity contribution >= 4 is 5.70 Å². The first-order valence-electron chi connectivity index (χ1n) is 4.48. The van der Waals surface area contributed by atoms with E-state index >= 15 is 0 Å². The summed E-state index contributed by atoms with van der Waals surface area (Å²) in [6, 6.07) is 10.3. The van der Waals surface area contributed by atoms with Crippen LogP contribution < -0.4 is 5.32 Å². The number of nitrogens with one attached hydrogen (secondary N) is 1. The van der Waals surface area contributed by atoms with Gasteiger partial charge in [0, 0.05) is 18.5 Å². The maximum absolute atomic E-state index is 5.30. The molecule has 68 valence electrons. The number of methoxy groups -OCH3 is 1. The first kappa shape index (κ1) is 8.17. The zero-order valence-electron chi connectivity index (χ0n) is 7.71. The van der Waals surface area contributed by atoms with Crippen molar-refractivity contribution in [1.29, 1.82) is 0 Å². The molecule has 2 nitrogen and oxygen atoms in total. The molecule has 0 bridgehead atoms. The zero-order valence-corrected chi connectivity index (χ0v) is 7.71. The Morgan fingerprint density at radius 3 is 2.69 bits per heavy atom. The van der Waals surface area contributed by atoms with Crippen LogP contribution in [-0.4, -0.2) is 13.7 Å². The van der Waals surface area contributed by atoms with Crippen molar-refractivity contribution in [2.75, 3.05) is 13.7 Å². The molecule has 0 fully saturated rings. The third-order valence-corrected chi connectivity index (χ3v) is 2.24. The molecule has 1 N–H and O–H groups in total. The van der Waals surface area contributed by atoms with Gasteiger partial charge in [0.1, 0.15) is 5.76 Å². The fourth-order valence-electron chi connectivity index (χ4n) is 1.60. The minimum absolute atomic E-state index is 0.980. The number of ether oxygens (including phenoxy) is 1. The van der Waals surface area contributed by atoms with Crippen molar-refractivity contribution in [3.63, 3.8) is 0 Å². The highest BCUT2D eigenvalue weighted by Crippen LogP contribution is 2.22. The topological polar surface area (TPSA) is 21.3 Å². The lowest BCUT2D eigenvalue weighted by Crippen LogP contribution is -2.06. The molecule has 2 rings (SSSR count). The van der Waals surface area contributed by atoms with Gasteiger partial charge in [-0.25, -0.2) is 0 Å². The van der Waals surface area contributed by atoms with E-state index in [9.17, 15) is 0 Å². The van der Waals surface area contributed by atoms with Gasteiger partial charge >= 0.3 is 0 Å².